The number of nitrogens with two attached hydrogens (primary N) is 3. The number of rotatable bonds is 3. The molecule has 7 heteroatoms. The molecule has 0 aromatic carbocycles. The van der Waals surface area contributed by atoms with Crippen LogP contribution in [0.2, 0.25) is 0 Å². The second kappa shape index (κ2) is 4.72. The molecule has 1 aromatic heterocycles. The predicted octanol–water partition coefficient (Wildman–Crippen LogP) is -0.225. The monoisotopic (exact) mass is 239 g/mol. The van der Waals surface area contributed by atoms with Crippen LogP contribution in [-0.4, -0.2) is 29.5 Å². The van der Waals surface area contributed by atoms with Gasteiger partial charge in [-0.3, -0.25) is 0 Å². The van der Waals surface area contributed by atoms with Crippen LogP contribution in [0.3, 0.4) is 0 Å². The molecule has 7 nitrogen and oxygen atoms in total. The molecule has 1 saturated heterocycles. The van der Waals surface area contributed by atoms with Crippen molar-refractivity contribution in [2.75, 3.05) is 30.4 Å². The zero-order valence-corrected chi connectivity index (χ0v) is 9.72. The number of nitrogen functional groups attached to an aromatic ring is 3. The lowest BCUT2D eigenvalue weighted by atomic mass is 10.0. The minimum absolute atomic E-state index is 0.0877. The largest absolute Gasteiger partial charge is 0.383 e. The summed E-state index contributed by atoms with van der Waals surface area (Å²) in [7, 11) is 0. The van der Waals surface area contributed by atoms with Gasteiger partial charge >= 0.3 is 0 Å². The fourth-order valence-electron chi connectivity index (χ4n) is 1.87. The molecule has 0 amide bonds. The van der Waals surface area contributed by atoms with Gasteiger partial charge < -0.3 is 26.7 Å². The summed E-state index contributed by atoms with van der Waals surface area (Å²) < 4.78 is 10.8. The Morgan fingerprint density at radius 3 is 2.24 bits per heavy atom. The molecule has 1 aliphatic heterocycles. The maximum atomic E-state index is 5.78. The average Bonchev–Trinajstić information content (AvgIpc) is 2.76. The van der Waals surface area contributed by atoms with Gasteiger partial charge in [0.05, 0.1) is 13.2 Å². The van der Waals surface area contributed by atoms with Gasteiger partial charge in [0, 0.05) is 11.5 Å². The standard InChI is InChI=1S/C10H17N5O2/c1-5(9-16-2-3-17-9)4-6-7(11)14-10(13)15-8(6)12/h5,9H,2-4H2,1H3,(H6,11,12,13,14,15). The normalized spacial score (nSPS) is 18.4. The third-order valence-electron chi connectivity index (χ3n) is 2.73. The van der Waals surface area contributed by atoms with E-state index in [1.54, 1.807) is 0 Å². The van der Waals surface area contributed by atoms with Crippen molar-refractivity contribution >= 4 is 17.6 Å². The first-order chi connectivity index (χ1) is 8.08. The number of aromatic nitrogens is 2. The average molecular weight is 239 g/mol. The molecule has 1 unspecified atom stereocenters. The summed E-state index contributed by atoms with van der Waals surface area (Å²) in [6, 6.07) is 0. The van der Waals surface area contributed by atoms with E-state index in [4.69, 9.17) is 26.7 Å². The Kier molecular flexibility index (Phi) is 3.30. The molecule has 0 radical (unpaired) electrons. The van der Waals surface area contributed by atoms with E-state index in [-0.39, 0.29) is 18.2 Å². The fourth-order valence-corrected chi connectivity index (χ4v) is 1.87. The van der Waals surface area contributed by atoms with Crippen LogP contribution in [-0.2, 0) is 15.9 Å². The fraction of sp³-hybridized carbons (Fsp3) is 0.600. The first-order valence-electron chi connectivity index (χ1n) is 5.48. The summed E-state index contributed by atoms with van der Waals surface area (Å²) in [5.41, 5.74) is 17.7. The molecule has 2 heterocycles. The van der Waals surface area contributed by atoms with Gasteiger partial charge in [-0.25, -0.2) is 0 Å². The molecule has 0 saturated carbocycles. The summed E-state index contributed by atoms with van der Waals surface area (Å²) in [6.07, 6.45) is 0.383. The molecule has 94 valence electrons. The van der Waals surface area contributed by atoms with Gasteiger partial charge in [0.2, 0.25) is 5.95 Å². The Hall–Kier alpha value is -1.60. The molecule has 1 fully saturated rings. The third-order valence-corrected chi connectivity index (χ3v) is 2.73. The third kappa shape index (κ3) is 2.56. The van der Waals surface area contributed by atoms with Gasteiger partial charge in [-0.2, -0.15) is 9.97 Å². The van der Waals surface area contributed by atoms with Crippen molar-refractivity contribution in [3.05, 3.63) is 5.56 Å². The Balaban J connectivity index is 2.12. The van der Waals surface area contributed by atoms with E-state index in [1.807, 2.05) is 6.92 Å². The van der Waals surface area contributed by atoms with E-state index in [1.165, 1.54) is 0 Å². The molecule has 1 aromatic rings. The molecular weight excluding hydrogens is 222 g/mol. The molecule has 2 rings (SSSR count). The number of hydrogen-bond acceptors (Lipinski definition) is 7. The predicted molar refractivity (Wildman–Crippen MR) is 63.8 cm³/mol. The van der Waals surface area contributed by atoms with Gasteiger partial charge in [0.15, 0.2) is 6.29 Å². The van der Waals surface area contributed by atoms with E-state index in [0.717, 1.165) is 0 Å². The van der Waals surface area contributed by atoms with Crippen LogP contribution in [0.4, 0.5) is 17.6 Å². The van der Waals surface area contributed by atoms with Gasteiger partial charge in [0.1, 0.15) is 11.6 Å². The van der Waals surface area contributed by atoms with E-state index >= 15 is 0 Å². The van der Waals surface area contributed by atoms with E-state index in [9.17, 15) is 0 Å². The summed E-state index contributed by atoms with van der Waals surface area (Å²) in [5.74, 6) is 0.860. The van der Waals surface area contributed by atoms with Crippen LogP contribution >= 0.6 is 0 Å². The first-order valence-corrected chi connectivity index (χ1v) is 5.48. The highest BCUT2D eigenvalue weighted by atomic mass is 16.7. The Morgan fingerprint density at radius 1 is 1.18 bits per heavy atom. The molecule has 0 aliphatic carbocycles. The number of nitrogens with zero attached hydrogens (tertiary/aromatic N) is 2. The molecule has 0 bridgehead atoms. The van der Waals surface area contributed by atoms with E-state index in [0.29, 0.717) is 36.8 Å². The molecule has 0 spiro atoms. The topological polar surface area (TPSA) is 122 Å². The highest BCUT2D eigenvalue weighted by molar-refractivity contribution is 5.55. The minimum atomic E-state index is -0.216. The van der Waals surface area contributed by atoms with E-state index in [2.05, 4.69) is 9.97 Å². The van der Waals surface area contributed by atoms with Gasteiger partial charge in [-0.15, -0.1) is 0 Å². The van der Waals surface area contributed by atoms with Crippen LogP contribution in [0.1, 0.15) is 12.5 Å². The number of anilines is 3. The highest BCUT2D eigenvalue weighted by Crippen LogP contribution is 2.24. The van der Waals surface area contributed by atoms with Crippen molar-refractivity contribution in [2.45, 2.75) is 19.6 Å². The number of hydrogen-bond donors (Lipinski definition) is 3. The lowest BCUT2D eigenvalue weighted by molar-refractivity contribution is -0.0779. The van der Waals surface area contributed by atoms with Crippen LogP contribution < -0.4 is 17.2 Å². The lowest BCUT2D eigenvalue weighted by Crippen LogP contribution is -2.22. The zero-order chi connectivity index (χ0) is 12.4. The zero-order valence-electron chi connectivity index (χ0n) is 9.72. The van der Waals surface area contributed by atoms with Gasteiger partial charge in [-0.05, 0) is 6.42 Å². The summed E-state index contributed by atoms with van der Waals surface area (Å²) in [5, 5.41) is 0. The van der Waals surface area contributed by atoms with Crippen molar-refractivity contribution in [1.29, 1.82) is 0 Å². The summed E-state index contributed by atoms with van der Waals surface area (Å²) in [4.78, 5) is 7.79. The highest BCUT2D eigenvalue weighted by Gasteiger charge is 2.25. The van der Waals surface area contributed by atoms with Crippen molar-refractivity contribution < 1.29 is 9.47 Å². The maximum absolute atomic E-state index is 5.78. The van der Waals surface area contributed by atoms with Crippen molar-refractivity contribution in [3.63, 3.8) is 0 Å². The molecule has 1 aliphatic rings. The maximum Gasteiger partial charge on any atom is 0.223 e. The van der Waals surface area contributed by atoms with Crippen LogP contribution in [0, 0.1) is 5.92 Å². The Morgan fingerprint density at radius 2 is 1.71 bits per heavy atom. The SMILES string of the molecule is CC(Cc1c(N)nc(N)nc1N)C1OCCO1. The summed E-state index contributed by atoms with van der Waals surface area (Å²) in [6.45, 7) is 3.25. The second-order valence-corrected chi connectivity index (χ2v) is 4.12. The Labute approximate surface area is 99.3 Å². The van der Waals surface area contributed by atoms with Crippen LogP contribution in [0.5, 0.6) is 0 Å². The first kappa shape index (κ1) is 11.9. The van der Waals surface area contributed by atoms with Gasteiger partial charge in [-0.1, -0.05) is 6.92 Å². The molecule has 17 heavy (non-hydrogen) atoms. The molecule has 6 N–H and O–H groups in total. The second-order valence-electron chi connectivity index (χ2n) is 4.12. The number of ether oxygens (including phenoxy) is 2. The lowest BCUT2D eigenvalue weighted by Gasteiger charge is -2.19. The molecular formula is C10H17N5O2. The van der Waals surface area contributed by atoms with Crippen molar-refractivity contribution in [1.82, 2.24) is 9.97 Å². The van der Waals surface area contributed by atoms with Crippen LogP contribution in [0.25, 0.3) is 0 Å². The summed E-state index contributed by atoms with van der Waals surface area (Å²) >= 11 is 0. The Bertz CT molecular complexity index is 383. The smallest absolute Gasteiger partial charge is 0.223 e. The van der Waals surface area contributed by atoms with Gasteiger partial charge in [0.25, 0.3) is 0 Å². The van der Waals surface area contributed by atoms with Crippen molar-refractivity contribution in [2.24, 2.45) is 5.92 Å². The minimum Gasteiger partial charge on any atom is -0.383 e. The van der Waals surface area contributed by atoms with Crippen molar-refractivity contribution in [3.8, 4) is 0 Å². The van der Waals surface area contributed by atoms with E-state index < -0.39 is 0 Å². The molecule has 1 atom stereocenters. The van der Waals surface area contributed by atoms with Crippen LogP contribution in [0.15, 0.2) is 0 Å². The quantitative estimate of drug-likeness (QED) is 0.666.